The molecule has 3 rings (SSSR count). The molecule has 6 heteroatoms. The molecule has 0 unspecified atom stereocenters. The maximum atomic E-state index is 12.8. The van der Waals surface area contributed by atoms with Crippen LogP contribution >= 0.6 is 23.8 Å². The molecule has 0 radical (unpaired) electrons. The maximum Gasteiger partial charge on any atom is 0.270 e. The maximum absolute atomic E-state index is 12.8. The zero-order chi connectivity index (χ0) is 17.3. The average molecular weight is 357 g/mol. The molecule has 120 valence electrons. The number of amides is 2. The van der Waals surface area contributed by atoms with E-state index in [0.717, 1.165) is 11.1 Å². The first-order valence-corrected chi connectivity index (χ1v) is 7.98. The second-order valence-electron chi connectivity index (χ2n) is 5.35. The second kappa shape index (κ2) is 6.55. The molecule has 1 N–H and O–H groups in total. The number of thiocarbonyl (C=S) groups is 1. The second-order valence-corrected chi connectivity index (χ2v) is 6.17. The van der Waals surface area contributed by atoms with Crippen molar-refractivity contribution in [2.45, 2.75) is 6.92 Å². The van der Waals surface area contributed by atoms with Gasteiger partial charge in [0.1, 0.15) is 5.57 Å². The highest BCUT2D eigenvalue weighted by atomic mass is 35.5. The Morgan fingerprint density at radius 3 is 2.50 bits per heavy atom. The van der Waals surface area contributed by atoms with Gasteiger partial charge in [0.05, 0.1) is 5.69 Å². The lowest BCUT2D eigenvalue weighted by molar-refractivity contribution is -0.122. The van der Waals surface area contributed by atoms with Crippen LogP contribution in [-0.4, -0.2) is 16.9 Å². The number of hydrogen-bond donors (Lipinski definition) is 1. The van der Waals surface area contributed by atoms with Crippen LogP contribution in [0, 0.1) is 6.92 Å². The van der Waals surface area contributed by atoms with E-state index in [1.165, 1.54) is 4.90 Å². The quantitative estimate of drug-likeness (QED) is 0.509. The highest BCUT2D eigenvalue weighted by molar-refractivity contribution is 7.80. The molecule has 2 aromatic rings. The number of anilines is 1. The highest BCUT2D eigenvalue weighted by Gasteiger charge is 2.34. The normalized spacial score (nSPS) is 16.5. The Morgan fingerprint density at radius 2 is 1.83 bits per heavy atom. The molecule has 0 saturated carbocycles. The van der Waals surface area contributed by atoms with E-state index >= 15 is 0 Å². The largest absolute Gasteiger partial charge is 0.298 e. The first-order chi connectivity index (χ1) is 11.5. The molecule has 1 aliphatic heterocycles. The lowest BCUT2D eigenvalue weighted by Crippen LogP contribution is -2.54. The number of rotatable bonds is 2. The van der Waals surface area contributed by atoms with Gasteiger partial charge in [-0.1, -0.05) is 47.5 Å². The summed E-state index contributed by atoms with van der Waals surface area (Å²) in [5, 5.41) is 3.06. The molecule has 0 spiro atoms. The van der Waals surface area contributed by atoms with Crippen LogP contribution in [0.15, 0.2) is 54.1 Å². The zero-order valence-electron chi connectivity index (χ0n) is 12.7. The molecule has 1 fully saturated rings. The summed E-state index contributed by atoms with van der Waals surface area (Å²) < 4.78 is 0. The molecule has 4 nitrogen and oxygen atoms in total. The number of hydrogen-bond acceptors (Lipinski definition) is 3. The van der Waals surface area contributed by atoms with Gasteiger partial charge in [-0.15, -0.1) is 0 Å². The van der Waals surface area contributed by atoms with Gasteiger partial charge in [0.15, 0.2) is 5.11 Å². The number of carbonyl (C=O) groups is 2. The number of nitrogens with one attached hydrogen (secondary N) is 1. The van der Waals surface area contributed by atoms with E-state index in [0.29, 0.717) is 10.7 Å². The molecule has 2 aromatic carbocycles. The van der Waals surface area contributed by atoms with Crippen LogP contribution in [0.25, 0.3) is 6.08 Å². The van der Waals surface area contributed by atoms with Gasteiger partial charge in [-0.05, 0) is 49.0 Å². The van der Waals surface area contributed by atoms with Crippen molar-refractivity contribution in [3.05, 3.63) is 70.3 Å². The van der Waals surface area contributed by atoms with E-state index in [1.54, 1.807) is 30.3 Å². The molecule has 1 heterocycles. The van der Waals surface area contributed by atoms with Crippen LogP contribution in [0.3, 0.4) is 0 Å². The summed E-state index contributed by atoms with van der Waals surface area (Å²) in [6, 6.07) is 14.3. The first kappa shape index (κ1) is 16.4. The van der Waals surface area contributed by atoms with Gasteiger partial charge < -0.3 is 0 Å². The predicted molar refractivity (Wildman–Crippen MR) is 98.8 cm³/mol. The van der Waals surface area contributed by atoms with E-state index in [1.807, 2.05) is 31.2 Å². The van der Waals surface area contributed by atoms with Crippen LogP contribution < -0.4 is 10.2 Å². The van der Waals surface area contributed by atoms with E-state index < -0.39 is 11.8 Å². The Balaban J connectivity index is 2.01. The standard InChI is InChI=1S/C18H13ClN2O2S/c1-11-5-7-12(8-6-11)9-15-16(22)20-18(24)21(17(15)23)14-4-2-3-13(19)10-14/h2-10H,1H3,(H,20,22,24)/b15-9-. The fraction of sp³-hybridized carbons (Fsp3) is 0.0556. The number of carbonyl (C=O) groups excluding carboxylic acids is 2. The minimum absolute atomic E-state index is 0.0208. The highest BCUT2D eigenvalue weighted by Crippen LogP contribution is 2.24. The van der Waals surface area contributed by atoms with Crippen molar-refractivity contribution in [2.75, 3.05) is 4.90 Å². The van der Waals surface area contributed by atoms with Gasteiger partial charge in [0, 0.05) is 5.02 Å². The summed E-state index contributed by atoms with van der Waals surface area (Å²) in [5.41, 5.74) is 2.39. The SMILES string of the molecule is Cc1ccc(/C=C2/C(=O)NC(=S)N(c3cccc(Cl)c3)C2=O)cc1. The van der Waals surface area contributed by atoms with Crippen molar-refractivity contribution in [1.82, 2.24) is 5.32 Å². The summed E-state index contributed by atoms with van der Waals surface area (Å²) in [5.74, 6) is -0.990. The summed E-state index contributed by atoms with van der Waals surface area (Å²) in [4.78, 5) is 26.3. The predicted octanol–water partition coefficient (Wildman–Crippen LogP) is 3.48. The van der Waals surface area contributed by atoms with Crippen LogP contribution in [0.2, 0.25) is 5.02 Å². The van der Waals surface area contributed by atoms with Crippen LogP contribution in [0.1, 0.15) is 11.1 Å². The number of benzene rings is 2. The van der Waals surface area contributed by atoms with Gasteiger partial charge in [-0.3, -0.25) is 19.8 Å². The van der Waals surface area contributed by atoms with Crippen molar-refractivity contribution in [3.63, 3.8) is 0 Å². The monoisotopic (exact) mass is 356 g/mol. The van der Waals surface area contributed by atoms with Crippen molar-refractivity contribution in [1.29, 1.82) is 0 Å². The fourth-order valence-electron chi connectivity index (χ4n) is 2.34. The molecular formula is C18H13ClN2O2S. The molecule has 0 aliphatic carbocycles. The minimum atomic E-state index is -0.510. The Kier molecular flexibility index (Phi) is 4.46. The van der Waals surface area contributed by atoms with Crippen molar-refractivity contribution in [2.24, 2.45) is 0 Å². The van der Waals surface area contributed by atoms with Crippen molar-refractivity contribution in [3.8, 4) is 0 Å². The molecule has 0 aromatic heterocycles. The summed E-state index contributed by atoms with van der Waals surface area (Å²) >= 11 is 11.1. The van der Waals surface area contributed by atoms with Crippen molar-refractivity contribution >= 4 is 52.5 Å². The number of halogens is 1. The van der Waals surface area contributed by atoms with Crippen molar-refractivity contribution < 1.29 is 9.59 Å². The molecule has 1 saturated heterocycles. The van der Waals surface area contributed by atoms with E-state index in [-0.39, 0.29) is 10.7 Å². The lowest BCUT2D eigenvalue weighted by Gasteiger charge is -2.29. The van der Waals surface area contributed by atoms with E-state index in [9.17, 15) is 9.59 Å². The summed E-state index contributed by atoms with van der Waals surface area (Å²) in [6.45, 7) is 1.97. The van der Waals surface area contributed by atoms with Gasteiger partial charge in [0.2, 0.25) is 0 Å². The summed E-state index contributed by atoms with van der Waals surface area (Å²) in [7, 11) is 0. The molecule has 0 atom stereocenters. The third-order valence-electron chi connectivity index (χ3n) is 3.56. The Morgan fingerprint density at radius 1 is 1.12 bits per heavy atom. The average Bonchev–Trinajstić information content (AvgIpc) is 2.53. The lowest BCUT2D eigenvalue weighted by atomic mass is 10.1. The molecule has 0 bridgehead atoms. The topological polar surface area (TPSA) is 49.4 Å². The smallest absolute Gasteiger partial charge is 0.270 e. The van der Waals surface area contributed by atoms with E-state index in [4.69, 9.17) is 23.8 Å². The molecule has 24 heavy (non-hydrogen) atoms. The van der Waals surface area contributed by atoms with Gasteiger partial charge >= 0.3 is 0 Å². The summed E-state index contributed by atoms with van der Waals surface area (Å²) in [6.07, 6.45) is 1.55. The molecule has 1 aliphatic rings. The van der Waals surface area contributed by atoms with Gasteiger partial charge in [-0.25, -0.2) is 0 Å². The minimum Gasteiger partial charge on any atom is -0.298 e. The van der Waals surface area contributed by atoms with Gasteiger partial charge in [0.25, 0.3) is 11.8 Å². The van der Waals surface area contributed by atoms with Gasteiger partial charge in [-0.2, -0.15) is 0 Å². The Bertz CT molecular complexity index is 875. The first-order valence-electron chi connectivity index (χ1n) is 7.19. The zero-order valence-corrected chi connectivity index (χ0v) is 14.3. The van der Waals surface area contributed by atoms with Crippen LogP contribution in [-0.2, 0) is 9.59 Å². The fourth-order valence-corrected chi connectivity index (χ4v) is 2.80. The third kappa shape index (κ3) is 3.22. The van der Waals surface area contributed by atoms with E-state index in [2.05, 4.69) is 5.32 Å². The van der Waals surface area contributed by atoms with Crippen LogP contribution in [0.4, 0.5) is 5.69 Å². The van der Waals surface area contributed by atoms with Crippen LogP contribution in [0.5, 0.6) is 0 Å². The number of nitrogens with zero attached hydrogens (tertiary/aromatic N) is 1. The third-order valence-corrected chi connectivity index (χ3v) is 4.08. The number of aryl methyl sites for hydroxylation is 1. The Labute approximate surface area is 149 Å². The Hall–Kier alpha value is -2.50. The molecular weight excluding hydrogens is 344 g/mol. The molecule has 2 amide bonds.